The molecule has 1 aliphatic rings. The molecule has 0 spiro atoms. The van der Waals surface area contributed by atoms with E-state index in [4.69, 9.17) is 5.73 Å². The van der Waals surface area contributed by atoms with E-state index in [2.05, 4.69) is 12.1 Å². The predicted molar refractivity (Wildman–Crippen MR) is 84.9 cm³/mol. The number of hydrogen-bond donors (Lipinski definition) is 1. The predicted octanol–water partition coefficient (Wildman–Crippen LogP) is 4.01. The number of anilines is 1. The van der Waals surface area contributed by atoms with Gasteiger partial charge in [-0.15, -0.1) is 11.3 Å². The van der Waals surface area contributed by atoms with E-state index in [1.165, 1.54) is 0 Å². The molecule has 3 rings (SSSR count). The highest BCUT2D eigenvalue weighted by molar-refractivity contribution is 7.13. The maximum Gasteiger partial charge on any atom is 0.102 e. The van der Waals surface area contributed by atoms with Gasteiger partial charge in [0.05, 0.1) is 16.8 Å². The van der Waals surface area contributed by atoms with E-state index in [1.807, 2.05) is 17.5 Å². The zero-order chi connectivity index (χ0) is 14.8. The van der Waals surface area contributed by atoms with Crippen LogP contribution in [0.25, 0.3) is 10.4 Å². The minimum absolute atomic E-state index is 0.351. The summed E-state index contributed by atoms with van der Waals surface area (Å²) >= 11 is 1.62. The molecule has 21 heavy (non-hydrogen) atoms. The highest BCUT2D eigenvalue weighted by Gasteiger charge is 2.24. The summed E-state index contributed by atoms with van der Waals surface area (Å²) in [6.07, 6.45) is 5.14. The first-order chi connectivity index (χ1) is 10.3. The number of nitriles is 2. The molecule has 3 nitrogen and oxygen atoms in total. The van der Waals surface area contributed by atoms with Crippen LogP contribution in [0.5, 0.6) is 0 Å². The minimum Gasteiger partial charge on any atom is -0.397 e. The van der Waals surface area contributed by atoms with Crippen molar-refractivity contribution in [2.24, 2.45) is 0 Å². The number of nitrogens with zero attached hydrogens (tertiary/aromatic N) is 2. The number of rotatable bonds is 1. The molecule has 1 heterocycles. The van der Waals surface area contributed by atoms with Crippen molar-refractivity contribution in [3.8, 4) is 22.6 Å². The lowest BCUT2D eigenvalue weighted by Gasteiger charge is -2.17. The molecule has 1 aliphatic carbocycles. The Bertz CT molecular complexity index is 761. The molecule has 0 radical (unpaired) electrons. The number of nitrogen functional groups attached to an aromatic ring is 1. The molecular weight excluding hydrogens is 278 g/mol. The normalized spacial score (nSPS) is 13.8. The largest absolute Gasteiger partial charge is 0.397 e. The lowest BCUT2D eigenvalue weighted by atomic mass is 9.87. The monoisotopic (exact) mass is 293 g/mol. The Labute approximate surface area is 128 Å². The summed E-state index contributed by atoms with van der Waals surface area (Å²) in [4.78, 5) is 1.07. The molecule has 1 aromatic heterocycles. The number of fused-ring (bicyclic) bond motifs is 1. The van der Waals surface area contributed by atoms with Gasteiger partial charge in [0.25, 0.3) is 0 Å². The minimum atomic E-state index is 0.351. The van der Waals surface area contributed by atoms with Crippen LogP contribution in [0.1, 0.15) is 41.5 Å². The Morgan fingerprint density at radius 3 is 2.33 bits per heavy atom. The summed E-state index contributed by atoms with van der Waals surface area (Å²) in [6, 6.07) is 8.46. The molecule has 0 saturated carbocycles. The van der Waals surface area contributed by atoms with E-state index in [0.717, 1.165) is 53.7 Å². The highest BCUT2D eigenvalue weighted by Crippen LogP contribution is 2.41. The molecule has 0 unspecified atom stereocenters. The molecule has 0 saturated heterocycles. The molecule has 2 aromatic rings. The van der Waals surface area contributed by atoms with Crippen LogP contribution >= 0.6 is 11.3 Å². The fourth-order valence-corrected chi connectivity index (χ4v) is 3.95. The lowest BCUT2D eigenvalue weighted by molar-refractivity contribution is 0.711. The van der Waals surface area contributed by atoms with Crippen molar-refractivity contribution in [1.82, 2.24) is 0 Å². The Balaban J connectivity index is 2.41. The smallest absolute Gasteiger partial charge is 0.102 e. The van der Waals surface area contributed by atoms with Crippen LogP contribution in [0.4, 0.5) is 5.69 Å². The third-order valence-corrected chi connectivity index (χ3v) is 4.99. The first-order valence-electron chi connectivity index (χ1n) is 7.09. The third kappa shape index (κ3) is 2.18. The molecular formula is C17H15N3S. The van der Waals surface area contributed by atoms with Gasteiger partial charge >= 0.3 is 0 Å². The summed E-state index contributed by atoms with van der Waals surface area (Å²) in [5.74, 6) is 0. The van der Waals surface area contributed by atoms with Crippen LogP contribution in [-0.2, 0) is 12.8 Å². The molecule has 4 heteroatoms. The van der Waals surface area contributed by atoms with E-state index in [-0.39, 0.29) is 0 Å². The second-order valence-electron chi connectivity index (χ2n) is 5.26. The Hall–Kier alpha value is -2.30. The fourth-order valence-electron chi connectivity index (χ4n) is 3.14. The molecule has 104 valence electrons. The fraction of sp³-hybridized carbons (Fsp3) is 0.294. The molecule has 0 fully saturated rings. The second kappa shape index (κ2) is 5.60. The SMILES string of the molecule is N#Cc1c(N)c(C#N)c(-c2cccs2)c2c1CCCCC2. The van der Waals surface area contributed by atoms with Crippen LogP contribution < -0.4 is 5.73 Å². The second-order valence-corrected chi connectivity index (χ2v) is 6.21. The van der Waals surface area contributed by atoms with Crippen LogP contribution in [0.15, 0.2) is 17.5 Å². The zero-order valence-corrected chi connectivity index (χ0v) is 12.5. The van der Waals surface area contributed by atoms with Crippen molar-refractivity contribution < 1.29 is 0 Å². The van der Waals surface area contributed by atoms with Gasteiger partial charge in [0.2, 0.25) is 0 Å². The van der Waals surface area contributed by atoms with Gasteiger partial charge in [-0.3, -0.25) is 0 Å². The average molecular weight is 293 g/mol. The van der Waals surface area contributed by atoms with Crippen molar-refractivity contribution in [3.63, 3.8) is 0 Å². The summed E-state index contributed by atoms with van der Waals surface area (Å²) in [5.41, 5.74) is 10.7. The summed E-state index contributed by atoms with van der Waals surface area (Å²) in [5, 5.41) is 21.0. The Morgan fingerprint density at radius 2 is 1.71 bits per heavy atom. The number of benzene rings is 1. The van der Waals surface area contributed by atoms with Gasteiger partial charge in [-0.05, 0) is 48.3 Å². The van der Waals surface area contributed by atoms with Crippen LogP contribution in [0, 0.1) is 22.7 Å². The van der Waals surface area contributed by atoms with Crippen LogP contribution in [0.3, 0.4) is 0 Å². The molecule has 1 aromatic carbocycles. The topological polar surface area (TPSA) is 73.6 Å². The molecule has 0 amide bonds. The van der Waals surface area contributed by atoms with E-state index in [9.17, 15) is 10.5 Å². The van der Waals surface area contributed by atoms with Crippen molar-refractivity contribution in [3.05, 3.63) is 39.8 Å². The van der Waals surface area contributed by atoms with E-state index >= 15 is 0 Å². The van der Waals surface area contributed by atoms with Gasteiger partial charge in [0, 0.05) is 10.4 Å². The maximum atomic E-state index is 9.56. The number of nitrogens with two attached hydrogens (primary N) is 1. The summed E-state index contributed by atoms with van der Waals surface area (Å²) < 4.78 is 0. The van der Waals surface area contributed by atoms with Crippen molar-refractivity contribution in [1.29, 1.82) is 10.5 Å². The van der Waals surface area contributed by atoms with E-state index < -0.39 is 0 Å². The van der Waals surface area contributed by atoms with Crippen molar-refractivity contribution in [2.45, 2.75) is 32.1 Å². The highest BCUT2D eigenvalue weighted by atomic mass is 32.1. The first-order valence-corrected chi connectivity index (χ1v) is 7.97. The first kappa shape index (κ1) is 13.7. The van der Waals surface area contributed by atoms with Crippen LogP contribution in [0.2, 0.25) is 0 Å². The third-order valence-electron chi connectivity index (χ3n) is 4.10. The van der Waals surface area contributed by atoms with Gasteiger partial charge in [-0.1, -0.05) is 12.5 Å². The van der Waals surface area contributed by atoms with Gasteiger partial charge in [0.15, 0.2) is 0 Å². The van der Waals surface area contributed by atoms with Crippen LogP contribution in [-0.4, -0.2) is 0 Å². The zero-order valence-electron chi connectivity index (χ0n) is 11.6. The molecule has 2 N–H and O–H groups in total. The number of thiophene rings is 1. The van der Waals surface area contributed by atoms with Gasteiger partial charge in [-0.2, -0.15) is 10.5 Å². The maximum absolute atomic E-state index is 9.56. The van der Waals surface area contributed by atoms with Gasteiger partial charge in [0.1, 0.15) is 12.1 Å². The summed E-state index contributed by atoms with van der Waals surface area (Å²) in [7, 11) is 0. The lowest BCUT2D eigenvalue weighted by Crippen LogP contribution is -2.07. The van der Waals surface area contributed by atoms with Gasteiger partial charge < -0.3 is 5.73 Å². The molecule has 0 atom stereocenters. The Kier molecular flexibility index (Phi) is 3.64. The molecule has 0 aliphatic heterocycles. The molecule has 0 bridgehead atoms. The van der Waals surface area contributed by atoms with Crippen molar-refractivity contribution >= 4 is 17.0 Å². The summed E-state index contributed by atoms with van der Waals surface area (Å²) in [6.45, 7) is 0. The van der Waals surface area contributed by atoms with Gasteiger partial charge in [-0.25, -0.2) is 0 Å². The number of hydrogen-bond acceptors (Lipinski definition) is 4. The van der Waals surface area contributed by atoms with E-state index in [1.54, 1.807) is 11.3 Å². The Morgan fingerprint density at radius 1 is 1.00 bits per heavy atom. The van der Waals surface area contributed by atoms with Crippen molar-refractivity contribution in [2.75, 3.05) is 5.73 Å². The quantitative estimate of drug-likeness (QED) is 0.637. The van der Waals surface area contributed by atoms with E-state index in [0.29, 0.717) is 16.8 Å². The average Bonchev–Trinajstić information content (AvgIpc) is 2.91. The standard InChI is InChI=1S/C17H15N3S/c18-9-13-11-5-2-1-3-6-12(11)16(14(10-19)17(13)20)15-7-4-8-21-15/h4,7-8H,1-3,5-6,20H2.